The van der Waals surface area contributed by atoms with E-state index in [1.165, 1.54) is 6.42 Å². The second-order valence-electron chi connectivity index (χ2n) is 7.05. The molecule has 6 heteroatoms. The zero-order chi connectivity index (χ0) is 15.4. The van der Waals surface area contributed by atoms with Crippen molar-refractivity contribution in [2.45, 2.75) is 50.1 Å². The minimum absolute atomic E-state index is 0.141. The molecule has 4 aliphatic carbocycles. The lowest BCUT2D eigenvalue weighted by molar-refractivity contribution is -0.196. The molecule has 116 valence electrons. The smallest absolute Gasteiger partial charge is 0.309 e. The summed E-state index contributed by atoms with van der Waals surface area (Å²) < 4.78 is 0. The van der Waals surface area contributed by atoms with E-state index in [0.29, 0.717) is 30.9 Å². The fraction of sp³-hybridized carbons (Fsp3) is 0.562. The molecule has 1 aromatic rings. The first-order valence-electron chi connectivity index (χ1n) is 7.79. The Hall–Kier alpha value is -2.11. The van der Waals surface area contributed by atoms with Crippen LogP contribution in [0.15, 0.2) is 18.3 Å². The summed E-state index contributed by atoms with van der Waals surface area (Å²) >= 11 is 0. The van der Waals surface area contributed by atoms with E-state index in [9.17, 15) is 9.59 Å². The normalized spacial score (nSPS) is 32.2. The Kier molecular flexibility index (Phi) is 2.74. The van der Waals surface area contributed by atoms with Crippen LogP contribution in [0.4, 0.5) is 5.82 Å². The van der Waals surface area contributed by atoms with Crippen LogP contribution < -0.4 is 10.6 Å². The lowest BCUT2D eigenvalue weighted by Gasteiger charge is -2.67. The summed E-state index contributed by atoms with van der Waals surface area (Å²) in [7, 11) is 0. The lowest BCUT2D eigenvalue weighted by atomic mass is 9.39. The summed E-state index contributed by atoms with van der Waals surface area (Å²) in [6, 6.07) is 3.94. The summed E-state index contributed by atoms with van der Waals surface area (Å²) in [6.07, 6.45) is 6.84. The average Bonchev–Trinajstić information content (AvgIpc) is 2.36. The number of hydrogen-bond donors (Lipinski definition) is 3. The van der Waals surface area contributed by atoms with Gasteiger partial charge in [-0.1, -0.05) is 0 Å². The Balaban J connectivity index is 1.39. The van der Waals surface area contributed by atoms with Gasteiger partial charge in [0.2, 0.25) is 0 Å². The molecule has 4 aliphatic rings. The van der Waals surface area contributed by atoms with Crippen molar-refractivity contribution in [3.8, 4) is 0 Å². The van der Waals surface area contributed by atoms with Crippen LogP contribution in [0, 0.1) is 5.41 Å². The number of nitrogens with zero attached hydrogens (tertiary/aromatic N) is 1. The summed E-state index contributed by atoms with van der Waals surface area (Å²) in [4.78, 5) is 27.7. The zero-order valence-electron chi connectivity index (χ0n) is 12.3. The molecule has 4 fully saturated rings. The van der Waals surface area contributed by atoms with Crippen molar-refractivity contribution in [2.24, 2.45) is 5.41 Å². The fourth-order valence-corrected chi connectivity index (χ4v) is 3.87. The van der Waals surface area contributed by atoms with Gasteiger partial charge >= 0.3 is 5.97 Å². The van der Waals surface area contributed by atoms with Crippen LogP contribution in [-0.2, 0) is 4.79 Å². The summed E-state index contributed by atoms with van der Waals surface area (Å²) in [5, 5.41) is 15.4. The van der Waals surface area contributed by atoms with E-state index in [2.05, 4.69) is 15.6 Å². The monoisotopic (exact) mass is 301 g/mol. The van der Waals surface area contributed by atoms with E-state index < -0.39 is 11.4 Å². The maximum atomic E-state index is 12.4. The van der Waals surface area contributed by atoms with Gasteiger partial charge in [0.1, 0.15) is 5.82 Å². The van der Waals surface area contributed by atoms with E-state index in [1.54, 1.807) is 18.3 Å². The van der Waals surface area contributed by atoms with Gasteiger partial charge in [0, 0.05) is 23.3 Å². The van der Waals surface area contributed by atoms with Crippen molar-refractivity contribution in [1.82, 2.24) is 10.3 Å². The van der Waals surface area contributed by atoms with Gasteiger partial charge in [-0.05, 0) is 50.7 Å². The quantitative estimate of drug-likeness (QED) is 0.771. The molecular formula is C16H19N3O3. The van der Waals surface area contributed by atoms with E-state index >= 15 is 0 Å². The number of hydrogen-bond acceptors (Lipinski definition) is 4. The molecule has 0 saturated heterocycles. The van der Waals surface area contributed by atoms with Crippen molar-refractivity contribution in [3.05, 3.63) is 23.9 Å². The predicted octanol–water partition coefficient (Wildman–Crippen LogP) is 1.78. The molecule has 0 unspecified atom stereocenters. The standard InChI is InChI=1S/C16H19N3O3/c20-13(19-16-7-15(8-16,9-16)14(21)22)10-4-5-17-12(6-10)18-11-2-1-3-11/h4-6,11H,1-3,7-9H2,(H,17,18)(H,19,20)(H,21,22). The number of aliphatic carboxylic acids is 1. The number of carbonyl (C=O) groups excluding carboxylic acids is 1. The zero-order valence-corrected chi connectivity index (χ0v) is 12.3. The highest BCUT2D eigenvalue weighted by Gasteiger charge is 2.72. The number of rotatable bonds is 5. The first kappa shape index (κ1) is 13.5. The van der Waals surface area contributed by atoms with Crippen LogP contribution in [0.2, 0.25) is 0 Å². The van der Waals surface area contributed by atoms with E-state index in [1.807, 2.05) is 0 Å². The second kappa shape index (κ2) is 4.44. The molecule has 6 nitrogen and oxygen atoms in total. The molecule has 22 heavy (non-hydrogen) atoms. The Labute approximate surface area is 128 Å². The van der Waals surface area contributed by atoms with Gasteiger partial charge in [-0.15, -0.1) is 0 Å². The first-order valence-corrected chi connectivity index (χ1v) is 7.79. The number of anilines is 1. The lowest BCUT2D eigenvalue weighted by Crippen LogP contribution is -2.77. The highest BCUT2D eigenvalue weighted by atomic mass is 16.4. The van der Waals surface area contributed by atoms with Gasteiger partial charge in [0.15, 0.2) is 0 Å². The van der Waals surface area contributed by atoms with Gasteiger partial charge in [0.05, 0.1) is 5.41 Å². The molecule has 1 amide bonds. The number of aromatic nitrogens is 1. The predicted molar refractivity (Wildman–Crippen MR) is 79.6 cm³/mol. The van der Waals surface area contributed by atoms with Crippen LogP contribution >= 0.6 is 0 Å². The Morgan fingerprint density at radius 1 is 1.27 bits per heavy atom. The minimum Gasteiger partial charge on any atom is -0.481 e. The molecule has 1 aromatic heterocycles. The topological polar surface area (TPSA) is 91.3 Å². The minimum atomic E-state index is -0.737. The van der Waals surface area contributed by atoms with Crippen LogP contribution in [0.3, 0.4) is 0 Å². The number of nitrogens with one attached hydrogen (secondary N) is 2. The average molecular weight is 301 g/mol. The van der Waals surface area contributed by atoms with Crippen molar-refractivity contribution in [2.75, 3.05) is 5.32 Å². The molecule has 0 spiro atoms. The van der Waals surface area contributed by atoms with Crippen LogP contribution in [0.1, 0.15) is 48.9 Å². The number of amides is 1. The number of carboxylic acids is 1. The molecule has 0 radical (unpaired) electrons. The molecule has 5 rings (SSSR count). The van der Waals surface area contributed by atoms with Crippen LogP contribution in [0.25, 0.3) is 0 Å². The van der Waals surface area contributed by atoms with Crippen molar-refractivity contribution in [1.29, 1.82) is 0 Å². The van der Waals surface area contributed by atoms with Gasteiger partial charge < -0.3 is 15.7 Å². The second-order valence-corrected chi connectivity index (χ2v) is 7.05. The molecule has 4 saturated carbocycles. The van der Waals surface area contributed by atoms with E-state index in [0.717, 1.165) is 18.7 Å². The Bertz CT molecular complexity index is 634. The molecule has 0 aliphatic heterocycles. The van der Waals surface area contributed by atoms with E-state index in [-0.39, 0.29) is 11.4 Å². The maximum absolute atomic E-state index is 12.4. The van der Waals surface area contributed by atoms with Gasteiger partial charge in [-0.25, -0.2) is 4.98 Å². The van der Waals surface area contributed by atoms with Crippen molar-refractivity contribution >= 4 is 17.7 Å². The Morgan fingerprint density at radius 3 is 2.59 bits per heavy atom. The third kappa shape index (κ3) is 1.97. The molecule has 1 heterocycles. The highest BCUT2D eigenvalue weighted by Crippen LogP contribution is 2.67. The largest absolute Gasteiger partial charge is 0.481 e. The van der Waals surface area contributed by atoms with Crippen LogP contribution in [-0.4, -0.2) is 33.5 Å². The number of carboxylic acid groups (broad SMARTS) is 1. The third-order valence-corrected chi connectivity index (χ3v) is 5.34. The van der Waals surface area contributed by atoms with E-state index in [4.69, 9.17) is 5.11 Å². The first-order chi connectivity index (χ1) is 10.5. The Morgan fingerprint density at radius 2 is 2.00 bits per heavy atom. The summed E-state index contributed by atoms with van der Waals surface area (Å²) in [5.41, 5.74) is -0.283. The fourth-order valence-electron chi connectivity index (χ4n) is 3.87. The maximum Gasteiger partial charge on any atom is 0.309 e. The van der Waals surface area contributed by atoms with Gasteiger partial charge in [-0.2, -0.15) is 0 Å². The van der Waals surface area contributed by atoms with Gasteiger partial charge in [-0.3, -0.25) is 9.59 Å². The molecule has 3 N–H and O–H groups in total. The molecular weight excluding hydrogens is 282 g/mol. The van der Waals surface area contributed by atoms with Crippen LogP contribution in [0.5, 0.6) is 0 Å². The summed E-state index contributed by atoms with van der Waals surface area (Å²) in [5.74, 6) is -0.144. The highest BCUT2D eigenvalue weighted by molar-refractivity contribution is 5.96. The summed E-state index contributed by atoms with van der Waals surface area (Å²) in [6.45, 7) is 0. The number of carbonyl (C=O) groups is 2. The molecule has 0 aromatic carbocycles. The molecule has 2 bridgehead atoms. The number of pyridine rings is 1. The van der Waals surface area contributed by atoms with Crippen molar-refractivity contribution in [3.63, 3.8) is 0 Å². The SMILES string of the molecule is O=C(NC12CC(C(=O)O)(C1)C2)c1ccnc(NC2CCC2)c1. The molecule has 0 atom stereocenters. The third-order valence-electron chi connectivity index (χ3n) is 5.34. The van der Waals surface area contributed by atoms with Crippen molar-refractivity contribution < 1.29 is 14.7 Å². The van der Waals surface area contributed by atoms with Gasteiger partial charge in [0.25, 0.3) is 5.91 Å².